The molecule has 4 nitrogen and oxygen atoms in total. The number of nitrogens with zero attached hydrogens (tertiary/aromatic N) is 2. The topological polar surface area (TPSA) is 55.1 Å². The predicted octanol–water partition coefficient (Wildman–Crippen LogP) is 5.60. The minimum atomic E-state index is -0.938. The molecule has 154 valence electrons. The molecule has 0 bridgehead atoms. The van der Waals surface area contributed by atoms with Crippen LogP contribution < -0.4 is 0 Å². The summed E-state index contributed by atoms with van der Waals surface area (Å²) in [6.07, 6.45) is 3.73. The molecule has 0 aliphatic rings. The van der Waals surface area contributed by atoms with Gasteiger partial charge in [0.25, 0.3) is 0 Å². The maximum absolute atomic E-state index is 11.5. The van der Waals surface area contributed by atoms with Crippen LogP contribution in [0.3, 0.4) is 0 Å². The highest BCUT2D eigenvalue weighted by Gasteiger charge is 2.38. The number of allylic oxidation sites excluding steroid dienone is 1. The molecule has 1 N–H and O–H groups in total. The summed E-state index contributed by atoms with van der Waals surface area (Å²) in [6.45, 7) is 3.40. The van der Waals surface area contributed by atoms with E-state index in [1.165, 1.54) is 0 Å². The zero-order chi connectivity index (χ0) is 21.8. The Morgan fingerprint density at radius 1 is 0.774 bits per heavy atom. The number of rotatable bonds is 6. The van der Waals surface area contributed by atoms with Crippen molar-refractivity contribution in [2.24, 2.45) is 0 Å². The van der Waals surface area contributed by atoms with E-state index >= 15 is 0 Å². The molecule has 0 unspecified atom stereocenters. The molecule has 0 amide bonds. The number of imidazole rings is 1. The number of hydrogen-bond donors (Lipinski definition) is 1. The fourth-order valence-corrected chi connectivity index (χ4v) is 4.04. The molecule has 0 radical (unpaired) electrons. The van der Waals surface area contributed by atoms with Crippen LogP contribution in [0, 0.1) is 0 Å². The van der Waals surface area contributed by atoms with E-state index in [2.05, 4.69) is 45.9 Å². The molecule has 0 aliphatic carbocycles. The van der Waals surface area contributed by atoms with Crippen molar-refractivity contribution in [2.45, 2.75) is 19.4 Å². The van der Waals surface area contributed by atoms with E-state index in [0.29, 0.717) is 11.3 Å². The van der Waals surface area contributed by atoms with Crippen LogP contribution in [0.25, 0.3) is 5.57 Å². The summed E-state index contributed by atoms with van der Waals surface area (Å²) in [7, 11) is 0. The van der Waals surface area contributed by atoms with Gasteiger partial charge in [-0.15, -0.1) is 0 Å². The minimum absolute atomic E-state index is 0.287. The van der Waals surface area contributed by atoms with Gasteiger partial charge in [-0.3, -0.25) is 0 Å². The molecule has 4 heteroatoms. The second-order valence-corrected chi connectivity index (χ2v) is 7.53. The van der Waals surface area contributed by atoms with Crippen LogP contribution in [0.4, 0.5) is 0 Å². The van der Waals surface area contributed by atoms with Crippen LogP contribution in [0.15, 0.2) is 109 Å². The maximum atomic E-state index is 11.5. The molecule has 31 heavy (non-hydrogen) atoms. The maximum Gasteiger partial charge on any atom is 0.331 e. The van der Waals surface area contributed by atoms with Gasteiger partial charge in [-0.25, -0.2) is 9.78 Å². The third-order valence-corrected chi connectivity index (χ3v) is 5.81. The van der Waals surface area contributed by atoms with Gasteiger partial charge in [0.15, 0.2) is 0 Å². The lowest BCUT2D eigenvalue weighted by Crippen LogP contribution is -2.36. The Kier molecular flexibility index (Phi) is 5.54. The van der Waals surface area contributed by atoms with Crippen molar-refractivity contribution in [1.29, 1.82) is 0 Å². The van der Waals surface area contributed by atoms with E-state index in [1.807, 2.05) is 60.8 Å². The van der Waals surface area contributed by atoms with Crippen LogP contribution in [-0.2, 0) is 10.3 Å². The molecule has 1 heterocycles. The third-order valence-electron chi connectivity index (χ3n) is 5.81. The molecule has 0 atom stereocenters. The molecule has 0 aliphatic heterocycles. The average Bonchev–Trinajstić information content (AvgIpc) is 3.31. The lowest BCUT2D eigenvalue weighted by molar-refractivity contribution is -0.132. The highest BCUT2D eigenvalue weighted by molar-refractivity contribution is 5.94. The second kappa shape index (κ2) is 8.44. The van der Waals surface area contributed by atoms with Crippen LogP contribution in [0.1, 0.15) is 36.2 Å². The zero-order valence-electron chi connectivity index (χ0n) is 17.6. The number of benzene rings is 3. The zero-order valence-corrected chi connectivity index (χ0v) is 17.6. The van der Waals surface area contributed by atoms with E-state index in [9.17, 15) is 9.90 Å². The van der Waals surface area contributed by atoms with Gasteiger partial charge in [0.2, 0.25) is 0 Å². The van der Waals surface area contributed by atoms with Gasteiger partial charge in [0, 0.05) is 11.8 Å². The summed E-state index contributed by atoms with van der Waals surface area (Å²) in [4.78, 5) is 16.1. The van der Waals surface area contributed by atoms with E-state index in [4.69, 9.17) is 0 Å². The standard InChI is InChI=1S/C27H24N2O2/c1-20(21(2)26(30)31)25-18-29(19-28-25)27(22-12-6-3-7-13-22,23-14-8-4-9-15-23)24-16-10-5-11-17-24/h3-19H,1-2H3,(H,30,31)/b21-20-. The van der Waals surface area contributed by atoms with Crippen molar-refractivity contribution in [2.75, 3.05) is 0 Å². The van der Waals surface area contributed by atoms with Crippen LogP contribution in [-0.4, -0.2) is 20.6 Å². The molecule has 1 aromatic heterocycles. The van der Waals surface area contributed by atoms with E-state index in [-0.39, 0.29) is 5.57 Å². The number of carboxylic acids is 1. The Morgan fingerprint density at radius 3 is 1.58 bits per heavy atom. The Morgan fingerprint density at radius 2 is 1.19 bits per heavy atom. The van der Waals surface area contributed by atoms with Crippen molar-refractivity contribution in [3.05, 3.63) is 131 Å². The molecule has 0 spiro atoms. The fourth-order valence-electron chi connectivity index (χ4n) is 4.04. The SMILES string of the molecule is C/C(C(=O)O)=C(\C)c1cn(C(c2ccccc2)(c2ccccc2)c2ccccc2)cn1. The van der Waals surface area contributed by atoms with Gasteiger partial charge in [0.05, 0.1) is 12.0 Å². The lowest BCUT2D eigenvalue weighted by Gasteiger charge is -2.37. The lowest BCUT2D eigenvalue weighted by atomic mass is 9.77. The average molecular weight is 409 g/mol. The Bertz CT molecular complexity index is 1110. The molecular weight excluding hydrogens is 384 g/mol. The molecule has 4 aromatic rings. The van der Waals surface area contributed by atoms with E-state index in [0.717, 1.165) is 16.7 Å². The number of carbonyl (C=O) groups is 1. The number of hydrogen-bond acceptors (Lipinski definition) is 2. The van der Waals surface area contributed by atoms with Gasteiger partial charge in [-0.1, -0.05) is 91.0 Å². The van der Waals surface area contributed by atoms with E-state index in [1.54, 1.807) is 20.2 Å². The Hall–Kier alpha value is -3.92. The van der Waals surface area contributed by atoms with Crippen LogP contribution in [0.5, 0.6) is 0 Å². The van der Waals surface area contributed by atoms with E-state index < -0.39 is 11.5 Å². The van der Waals surface area contributed by atoms with Crippen molar-refractivity contribution < 1.29 is 9.90 Å². The minimum Gasteiger partial charge on any atom is -0.478 e. The molecule has 0 saturated carbocycles. The summed E-state index contributed by atoms with van der Waals surface area (Å²) < 4.78 is 2.08. The van der Waals surface area contributed by atoms with Crippen molar-refractivity contribution in [3.8, 4) is 0 Å². The van der Waals surface area contributed by atoms with Crippen molar-refractivity contribution in [3.63, 3.8) is 0 Å². The first-order chi connectivity index (χ1) is 15.0. The second-order valence-electron chi connectivity index (χ2n) is 7.53. The molecule has 0 saturated heterocycles. The summed E-state index contributed by atoms with van der Waals surface area (Å²) in [5.41, 5.74) is 4.19. The number of aromatic nitrogens is 2. The number of aliphatic carboxylic acids is 1. The first-order valence-electron chi connectivity index (χ1n) is 10.2. The van der Waals surface area contributed by atoms with Crippen LogP contribution >= 0.6 is 0 Å². The summed E-state index contributed by atoms with van der Waals surface area (Å²) in [5.74, 6) is -0.938. The quantitative estimate of drug-likeness (QED) is 0.334. The monoisotopic (exact) mass is 408 g/mol. The predicted molar refractivity (Wildman–Crippen MR) is 123 cm³/mol. The summed E-state index contributed by atoms with van der Waals surface area (Å²) >= 11 is 0. The normalized spacial score (nSPS) is 12.3. The largest absolute Gasteiger partial charge is 0.478 e. The van der Waals surface area contributed by atoms with Gasteiger partial charge >= 0.3 is 5.97 Å². The fraction of sp³-hybridized carbons (Fsp3) is 0.111. The number of carboxylic acid groups (broad SMARTS) is 1. The Labute approximate surface area is 182 Å². The highest BCUT2D eigenvalue weighted by Crippen LogP contribution is 2.41. The molecule has 4 rings (SSSR count). The first-order valence-corrected chi connectivity index (χ1v) is 10.2. The summed E-state index contributed by atoms with van der Waals surface area (Å²) in [6, 6.07) is 30.9. The molecule has 0 fully saturated rings. The first kappa shape index (κ1) is 20.4. The smallest absolute Gasteiger partial charge is 0.331 e. The van der Waals surface area contributed by atoms with Crippen molar-refractivity contribution >= 4 is 11.5 Å². The molecule has 3 aromatic carbocycles. The van der Waals surface area contributed by atoms with Crippen molar-refractivity contribution in [1.82, 2.24) is 9.55 Å². The van der Waals surface area contributed by atoms with Gasteiger partial charge in [-0.2, -0.15) is 0 Å². The molecular formula is C27H24N2O2. The highest BCUT2D eigenvalue weighted by atomic mass is 16.4. The van der Waals surface area contributed by atoms with Gasteiger partial charge in [-0.05, 0) is 36.1 Å². The van der Waals surface area contributed by atoms with Gasteiger partial charge < -0.3 is 9.67 Å². The van der Waals surface area contributed by atoms with Gasteiger partial charge in [0.1, 0.15) is 5.54 Å². The Balaban J connectivity index is 2.05. The third kappa shape index (κ3) is 3.57. The summed E-state index contributed by atoms with van der Waals surface area (Å²) in [5, 5.41) is 9.42. The van der Waals surface area contributed by atoms with Crippen LogP contribution in [0.2, 0.25) is 0 Å².